The Bertz CT molecular complexity index is 735. The van der Waals surface area contributed by atoms with Crippen LogP contribution in [0, 0.1) is 6.92 Å². The van der Waals surface area contributed by atoms with Crippen LogP contribution in [0.4, 0.5) is 5.69 Å². The molecule has 0 saturated heterocycles. The van der Waals surface area contributed by atoms with Gasteiger partial charge in [-0.2, -0.15) is 0 Å². The number of hydrogen-bond donors (Lipinski definition) is 2. The van der Waals surface area contributed by atoms with E-state index < -0.39 is 0 Å². The maximum Gasteiger partial charge on any atom is 0.115 e. The highest BCUT2D eigenvalue weighted by molar-refractivity contribution is 5.51. The number of anilines is 1. The summed E-state index contributed by atoms with van der Waals surface area (Å²) in [6.45, 7) is 2.09. The SMILES string of the molecule is Cc1cccc(NC(c2ccccc2)c2ccc(O)cc2)c1. The molecule has 0 fully saturated rings. The summed E-state index contributed by atoms with van der Waals surface area (Å²) in [7, 11) is 0. The van der Waals surface area contributed by atoms with Gasteiger partial charge in [-0.1, -0.05) is 54.6 Å². The van der Waals surface area contributed by atoms with Gasteiger partial charge >= 0.3 is 0 Å². The topological polar surface area (TPSA) is 32.3 Å². The summed E-state index contributed by atoms with van der Waals surface area (Å²) in [5.74, 6) is 0.283. The van der Waals surface area contributed by atoms with E-state index in [2.05, 4.69) is 48.6 Å². The third kappa shape index (κ3) is 3.29. The van der Waals surface area contributed by atoms with Gasteiger partial charge in [0.25, 0.3) is 0 Å². The van der Waals surface area contributed by atoms with Crippen molar-refractivity contribution in [2.75, 3.05) is 5.32 Å². The molecule has 2 heteroatoms. The average Bonchev–Trinajstić information content (AvgIpc) is 2.55. The summed E-state index contributed by atoms with van der Waals surface area (Å²) in [6, 6.07) is 26.1. The second-order valence-electron chi connectivity index (χ2n) is 5.45. The zero-order chi connectivity index (χ0) is 15.4. The van der Waals surface area contributed by atoms with Crippen LogP contribution in [0.2, 0.25) is 0 Å². The van der Waals surface area contributed by atoms with Gasteiger partial charge in [-0.15, -0.1) is 0 Å². The molecule has 0 aliphatic rings. The Morgan fingerprint density at radius 3 is 2.14 bits per heavy atom. The minimum Gasteiger partial charge on any atom is -0.508 e. The van der Waals surface area contributed by atoms with Crippen molar-refractivity contribution < 1.29 is 5.11 Å². The van der Waals surface area contributed by atoms with E-state index in [1.807, 2.05) is 30.3 Å². The zero-order valence-electron chi connectivity index (χ0n) is 12.5. The predicted octanol–water partition coefficient (Wildman–Crippen LogP) is 4.90. The first-order valence-corrected chi connectivity index (χ1v) is 7.39. The third-order valence-corrected chi connectivity index (χ3v) is 3.69. The normalized spacial score (nSPS) is 11.9. The largest absolute Gasteiger partial charge is 0.508 e. The molecule has 2 N–H and O–H groups in total. The van der Waals surface area contributed by atoms with Gasteiger partial charge in [-0.05, 0) is 47.9 Å². The fraction of sp³-hybridized carbons (Fsp3) is 0.100. The van der Waals surface area contributed by atoms with Gasteiger partial charge in [-0.25, -0.2) is 0 Å². The fourth-order valence-electron chi connectivity index (χ4n) is 2.57. The third-order valence-electron chi connectivity index (χ3n) is 3.69. The monoisotopic (exact) mass is 289 g/mol. The van der Waals surface area contributed by atoms with Crippen molar-refractivity contribution in [1.82, 2.24) is 0 Å². The number of aryl methyl sites for hydroxylation is 1. The summed E-state index contributed by atoms with van der Waals surface area (Å²) < 4.78 is 0. The molecule has 0 amide bonds. The highest BCUT2D eigenvalue weighted by atomic mass is 16.3. The minimum atomic E-state index is 0.0450. The summed E-state index contributed by atoms with van der Waals surface area (Å²) >= 11 is 0. The quantitative estimate of drug-likeness (QED) is 0.716. The summed E-state index contributed by atoms with van der Waals surface area (Å²) in [5.41, 5.74) is 4.62. The van der Waals surface area contributed by atoms with Gasteiger partial charge < -0.3 is 10.4 Å². The second kappa shape index (κ2) is 6.35. The lowest BCUT2D eigenvalue weighted by molar-refractivity contribution is 0.475. The van der Waals surface area contributed by atoms with Gasteiger partial charge in [0.15, 0.2) is 0 Å². The van der Waals surface area contributed by atoms with Crippen molar-refractivity contribution in [1.29, 1.82) is 0 Å². The van der Waals surface area contributed by atoms with Crippen LogP contribution < -0.4 is 5.32 Å². The van der Waals surface area contributed by atoms with Crippen LogP contribution in [-0.4, -0.2) is 5.11 Å². The van der Waals surface area contributed by atoms with E-state index in [4.69, 9.17) is 0 Å². The van der Waals surface area contributed by atoms with Gasteiger partial charge in [-0.3, -0.25) is 0 Å². The Labute approximate surface area is 131 Å². The summed E-state index contributed by atoms with van der Waals surface area (Å²) in [4.78, 5) is 0. The molecule has 0 spiro atoms. The molecule has 0 radical (unpaired) electrons. The number of aromatic hydroxyl groups is 1. The maximum atomic E-state index is 9.51. The van der Waals surface area contributed by atoms with E-state index in [0.29, 0.717) is 0 Å². The van der Waals surface area contributed by atoms with E-state index in [1.165, 1.54) is 11.1 Å². The summed E-state index contributed by atoms with van der Waals surface area (Å²) in [5, 5.41) is 13.1. The zero-order valence-corrected chi connectivity index (χ0v) is 12.5. The van der Waals surface area contributed by atoms with Crippen LogP contribution in [0.25, 0.3) is 0 Å². The molecule has 3 aromatic carbocycles. The Balaban J connectivity index is 1.98. The Kier molecular flexibility index (Phi) is 4.10. The lowest BCUT2D eigenvalue weighted by atomic mass is 9.98. The molecule has 0 heterocycles. The van der Waals surface area contributed by atoms with Gasteiger partial charge in [0, 0.05) is 5.69 Å². The predicted molar refractivity (Wildman–Crippen MR) is 91.2 cm³/mol. The van der Waals surface area contributed by atoms with Crippen molar-refractivity contribution >= 4 is 5.69 Å². The van der Waals surface area contributed by atoms with Crippen molar-refractivity contribution in [3.8, 4) is 5.75 Å². The smallest absolute Gasteiger partial charge is 0.115 e. The number of nitrogens with one attached hydrogen (secondary N) is 1. The van der Waals surface area contributed by atoms with Crippen LogP contribution >= 0.6 is 0 Å². The second-order valence-corrected chi connectivity index (χ2v) is 5.45. The van der Waals surface area contributed by atoms with Crippen LogP contribution in [0.5, 0.6) is 5.75 Å². The maximum absolute atomic E-state index is 9.51. The molecule has 0 aliphatic carbocycles. The highest BCUT2D eigenvalue weighted by Gasteiger charge is 2.13. The Morgan fingerprint density at radius 1 is 0.773 bits per heavy atom. The molecule has 0 bridgehead atoms. The Hall–Kier alpha value is -2.74. The number of benzene rings is 3. The van der Waals surface area contributed by atoms with Crippen molar-refractivity contribution in [2.24, 2.45) is 0 Å². The molecule has 0 saturated carbocycles. The molecule has 1 atom stereocenters. The first-order valence-electron chi connectivity index (χ1n) is 7.39. The molecule has 0 aromatic heterocycles. The van der Waals surface area contributed by atoms with Crippen LogP contribution in [0.1, 0.15) is 22.7 Å². The molecule has 1 unspecified atom stereocenters. The number of phenols is 1. The standard InChI is InChI=1S/C20H19NO/c1-15-6-5-9-18(14-15)21-20(16-7-3-2-4-8-16)17-10-12-19(22)13-11-17/h2-14,20-22H,1H3. The van der Waals surface area contributed by atoms with Crippen LogP contribution in [0.3, 0.4) is 0 Å². The summed E-state index contributed by atoms with van der Waals surface area (Å²) in [6.07, 6.45) is 0. The molecule has 22 heavy (non-hydrogen) atoms. The molecule has 3 aromatic rings. The van der Waals surface area contributed by atoms with E-state index in [1.54, 1.807) is 12.1 Å². The first-order chi connectivity index (χ1) is 10.7. The van der Waals surface area contributed by atoms with Crippen molar-refractivity contribution in [3.05, 3.63) is 95.6 Å². The van der Waals surface area contributed by atoms with E-state index in [9.17, 15) is 5.11 Å². The van der Waals surface area contributed by atoms with Gasteiger partial charge in [0.2, 0.25) is 0 Å². The molecule has 0 aliphatic heterocycles. The van der Waals surface area contributed by atoms with Crippen molar-refractivity contribution in [3.63, 3.8) is 0 Å². The average molecular weight is 289 g/mol. The fourth-order valence-corrected chi connectivity index (χ4v) is 2.57. The van der Waals surface area contributed by atoms with E-state index >= 15 is 0 Å². The molecule has 2 nitrogen and oxygen atoms in total. The van der Waals surface area contributed by atoms with Crippen LogP contribution in [0.15, 0.2) is 78.9 Å². The first kappa shape index (κ1) is 14.2. The number of rotatable bonds is 4. The number of hydrogen-bond acceptors (Lipinski definition) is 2. The molecule has 110 valence electrons. The van der Waals surface area contributed by atoms with Gasteiger partial charge in [0.1, 0.15) is 5.75 Å². The Morgan fingerprint density at radius 2 is 1.45 bits per heavy atom. The highest BCUT2D eigenvalue weighted by Crippen LogP contribution is 2.28. The number of phenolic OH excluding ortho intramolecular Hbond substituents is 1. The van der Waals surface area contributed by atoms with Gasteiger partial charge in [0.05, 0.1) is 6.04 Å². The van der Waals surface area contributed by atoms with E-state index in [-0.39, 0.29) is 11.8 Å². The molecule has 3 rings (SSSR count). The molecular formula is C20H19NO. The lowest BCUT2D eigenvalue weighted by Gasteiger charge is -2.21. The van der Waals surface area contributed by atoms with Crippen LogP contribution in [-0.2, 0) is 0 Å². The van der Waals surface area contributed by atoms with E-state index in [0.717, 1.165) is 11.3 Å². The molecular weight excluding hydrogens is 270 g/mol. The van der Waals surface area contributed by atoms with Crippen molar-refractivity contribution in [2.45, 2.75) is 13.0 Å². The minimum absolute atomic E-state index is 0.0450. The lowest BCUT2D eigenvalue weighted by Crippen LogP contribution is -2.12.